The maximum atomic E-state index is 11.8. The van der Waals surface area contributed by atoms with E-state index in [0.29, 0.717) is 5.06 Å². The summed E-state index contributed by atoms with van der Waals surface area (Å²) >= 11 is 0. The van der Waals surface area contributed by atoms with Crippen LogP contribution in [-0.2, 0) is 28.8 Å². The van der Waals surface area contributed by atoms with Crippen molar-refractivity contribution >= 4 is 23.8 Å². The molecule has 0 saturated carbocycles. The molecule has 130 valence electrons. The fraction of sp³-hybridized carbons (Fsp3) is 0.733. The first kappa shape index (κ1) is 19.1. The largest absolute Gasteiger partial charge is 0.481 e. The van der Waals surface area contributed by atoms with Crippen molar-refractivity contribution in [1.82, 2.24) is 5.06 Å². The number of rotatable bonds is 8. The molecule has 0 atom stereocenters. The smallest absolute Gasteiger partial charge is 0.336 e. The zero-order valence-corrected chi connectivity index (χ0v) is 13.9. The molecule has 0 aliphatic carbocycles. The van der Waals surface area contributed by atoms with Crippen LogP contribution in [-0.4, -0.2) is 46.1 Å². The van der Waals surface area contributed by atoms with E-state index in [2.05, 4.69) is 0 Å². The molecule has 0 unspecified atom stereocenters. The first-order chi connectivity index (χ1) is 10.4. The van der Waals surface area contributed by atoms with Crippen molar-refractivity contribution in [3.63, 3.8) is 0 Å². The maximum Gasteiger partial charge on any atom is 0.336 e. The maximum absolute atomic E-state index is 11.8. The van der Waals surface area contributed by atoms with Gasteiger partial charge in [-0.15, -0.1) is 5.06 Å². The molecule has 0 aromatic carbocycles. The number of hydrogen-bond donors (Lipinski definition) is 1. The van der Waals surface area contributed by atoms with Crippen LogP contribution in [0, 0.1) is 5.41 Å². The summed E-state index contributed by atoms with van der Waals surface area (Å²) in [5.74, 6) is -2.75. The normalized spacial score (nSPS) is 15.9. The molecular weight excluding hydrogens is 306 g/mol. The monoisotopic (exact) mass is 329 g/mol. The van der Waals surface area contributed by atoms with Gasteiger partial charge >= 0.3 is 11.9 Å². The Kier molecular flexibility index (Phi) is 5.87. The van der Waals surface area contributed by atoms with Gasteiger partial charge in [0, 0.05) is 19.4 Å². The summed E-state index contributed by atoms with van der Waals surface area (Å²) in [6.07, 6.45) is 0.189. The molecule has 1 aliphatic heterocycles. The number of nitrogens with zero attached hydrogens (tertiary/aromatic N) is 1. The summed E-state index contributed by atoms with van der Waals surface area (Å²) in [6.45, 7) is 6.63. The van der Waals surface area contributed by atoms with E-state index in [-0.39, 0.29) is 32.3 Å². The molecule has 2 amide bonds. The molecule has 1 saturated heterocycles. The third-order valence-electron chi connectivity index (χ3n) is 3.57. The van der Waals surface area contributed by atoms with Crippen LogP contribution >= 0.6 is 0 Å². The van der Waals surface area contributed by atoms with Crippen LogP contribution in [0.15, 0.2) is 0 Å². The minimum Gasteiger partial charge on any atom is -0.481 e. The Morgan fingerprint density at radius 1 is 1.13 bits per heavy atom. The van der Waals surface area contributed by atoms with Crippen molar-refractivity contribution in [2.75, 3.05) is 6.61 Å². The number of carbonyl (C=O) groups is 4. The molecule has 1 heterocycles. The summed E-state index contributed by atoms with van der Waals surface area (Å²) in [5, 5.41) is 9.52. The van der Waals surface area contributed by atoms with Gasteiger partial charge in [-0.25, -0.2) is 4.79 Å². The summed E-state index contributed by atoms with van der Waals surface area (Å²) < 4.78 is 5.55. The van der Waals surface area contributed by atoms with Crippen LogP contribution < -0.4 is 0 Å². The van der Waals surface area contributed by atoms with Crippen LogP contribution in [0.5, 0.6) is 0 Å². The zero-order chi connectivity index (χ0) is 17.8. The summed E-state index contributed by atoms with van der Waals surface area (Å²) in [6, 6.07) is 0. The fourth-order valence-electron chi connectivity index (χ4n) is 1.88. The number of hydrogen-bond acceptors (Lipinski definition) is 6. The van der Waals surface area contributed by atoms with Crippen molar-refractivity contribution in [3.05, 3.63) is 0 Å². The van der Waals surface area contributed by atoms with E-state index in [1.54, 1.807) is 27.7 Å². The lowest BCUT2D eigenvalue weighted by atomic mass is 9.90. The van der Waals surface area contributed by atoms with E-state index in [1.165, 1.54) is 0 Å². The fourth-order valence-corrected chi connectivity index (χ4v) is 1.88. The van der Waals surface area contributed by atoms with Crippen LogP contribution in [0.3, 0.4) is 0 Å². The molecule has 8 heteroatoms. The highest BCUT2D eigenvalue weighted by atomic mass is 16.7. The summed E-state index contributed by atoms with van der Waals surface area (Å²) in [5.41, 5.74) is -1.83. The third kappa shape index (κ3) is 5.63. The van der Waals surface area contributed by atoms with E-state index < -0.39 is 34.8 Å². The van der Waals surface area contributed by atoms with Crippen LogP contribution in [0.25, 0.3) is 0 Å². The number of imide groups is 1. The standard InChI is InChI=1S/C15H23NO7/c1-14(2,13(20)21)7-8-22-15(3,4)9-12(19)23-16-10(17)5-6-11(16)18/h5-9H2,1-4H3,(H,20,21). The average molecular weight is 329 g/mol. The number of aliphatic carboxylic acids is 1. The second-order valence-electron chi connectivity index (χ2n) is 6.77. The van der Waals surface area contributed by atoms with E-state index in [1.807, 2.05) is 0 Å². The van der Waals surface area contributed by atoms with Gasteiger partial charge in [0.1, 0.15) is 0 Å². The number of carbonyl (C=O) groups excluding carboxylic acids is 3. The second-order valence-corrected chi connectivity index (χ2v) is 6.77. The molecule has 1 N–H and O–H groups in total. The molecule has 23 heavy (non-hydrogen) atoms. The van der Waals surface area contributed by atoms with Gasteiger partial charge in [-0.2, -0.15) is 0 Å². The lowest BCUT2D eigenvalue weighted by Crippen LogP contribution is -2.36. The Hall–Kier alpha value is -1.96. The lowest BCUT2D eigenvalue weighted by Gasteiger charge is -2.27. The number of amides is 2. The van der Waals surface area contributed by atoms with Gasteiger partial charge in [-0.3, -0.25) is 14.4 Å². The molecule has 0 bridgehead atoms. The second kappa shape index (κ2) is 7.08. The summed E-state index contributed by atoms with van der Waals surface area (Å²) in [4.78, 5) is 50.4. The predicted molar refractivity (Wildman–Crippen MR) is 77.9 cm³/mol. The van der Waals surface area contributed by atoms with E-state index >= 15 is 0 Å². The topological polar surface area (TPSA) is 110 Å². The Morgan fingerprint density at radius 2 is 1.65 bits per heavy atom. The zero-order valence-electron chi connectivity index (χ0n) is 13.9. The van der Waals surface area contributed by atoms with Gasteiger partial charge in [0.2, 0.25) is 0 Å². The molecule has 1 rings (SSSR count). The lowest BCUT2D eigenvalue weighted by molar-refractivity contribution is -0.201. The molecule has 8 nitrogen and oxygen atoms in total. The van der Waals surface area contributed by atoms with Crippen molar-refractivity contribution in [1.29, 1.82) is 0 Å². The number of carboxylic acid groups (broad SMARTS) is 1. The van der Waals surface area contributed by atoms with Crippen molar-refractivity contribution in [2.45, 2.75) is 59.0 Å². The molecule has 0 aromatic rings. The Morgan fingerprint density at radius 3 is 2.13 bits per heavy atom. The number of hydroxylamine groups is 2. The van der Waals surface area contributed by atoms with Crippen LogP contribution in [0.1, 0.15) is 53.4 Å². The predicted octanol–water partition coefficient (Wildman–Crippen LogP) is 1.28. The van der Waals surface area contributed by atoms with E-state index in [9.17, 15) is 19.2 Å². The number of carboxylic acids is 1. The van der Waals surface area contributed by atoms with Gasteiger partial charge in [0.05, 0.1) is 17.4 Å². The van der Waals surface area contributed by atoms with Crippen LogP contribution in [0.2, 0.25) is 0 Å². The Bertz CT molecular complexity index is 494. The first-order valence-electron chi connectivity index (χ1n) is 7.38. The molecule has 0 spiro atoms. The quantitative estimate of drug-likeness (QED) is 0.668. The van der Waals surface area contributed by atoms with Crippen molar-refractivity contribution in [3.8, 4) is 0 Å². The van der Waals surface area contributed by atoms with E-state index in [4.69, 9.17) is 14.7 Å². The Balaban J connectivity index is 2.45. The van der Waals surface area contributed by atoms with Crippen LogP contribution in [0.4, 0.5) is 0 Å². The van der Waals surface area contributed by atoms with Crippen molar-refractivity contribution < 1.29 is 33.9 Å². The van der Waals surface area contributed by atoms with Crippen molar-refractivity contribution in [2.24, 2.45) is 5.41 Å². The van der Waals surface area contributed by atoms with Gasteiger partial charge in [-0.05, 0) is 34.1 Å². The number of ether oxygens (including phenoxy) is 1. The first-order valence-corrected chi connectivity index (χ1v) is 7.38. The van der Waals surface area contributed by atoms with Gasteiger partial charge in [0.25, 0.3) is 11.8 Å². The minimum atomic E-state index is -0.927. The highest BCUT2D eigenvalue weighted by Gasteiger charge is 2.35. The Labute approximate surface area is 134 Å². The average Bonchev–Trinajstić information content (AvgIpc) is 2.69. The van der Waals surface area contributed by atoms with Gasteiger partial charge in [-0.1, -0.05) is 0 Å². The molecule has 0 aromatic heterocycles. The molecule has 0 radical (unpaired) electrons. The molecule has 1 fully saturated rings. The summed E-state index contributed by atoms with van der Waals surface area (Å²) in [7, 11) is 0. The minimum absolute atomic E-state index is 0.0380. The highest BCUT2D eigenvalue weighted by molar-refractivity contribution is 6.01. The van der Waals surface area contributed by atoms with Gasteiger partial charge < -0.3 is 14.7 Å². The molecule has 1 aliphatic rings. The van der Waals surface area contributed by atoms with Gasteiger partial charge in [0.15, 0.2) is 0 Å². The SMILES string of the molecule is CC(C)(CC(=O)ON1C(=O)CCC1=O)OCCC(C)(C)C(=O)O. The van der Waals surface area contributed by atoms with E-state index in [0.717, 1.165) is 0 Å². The highest BCUT2D eigenvalue weighted by Crippen LogP contribution is 2.23. The third-order valence-corrected chi connectivity index (χ3v) is 3.57. The molecular formula is C15H23NO7.